The third-order valence-electron chi connectivity index (χ3n) is 3.11. The van der Waals surface area contributed by atoms with Crippen molar-refractivity contribution in [2.45, 2.75) is 25.6 Å². The molecule has 0 fully saturated rings. The van der Waals surface area contributed by atoms with Crippen molar-refractivity contribution >= 4 is 32.4 Å². The fraction of sp³-hybridized carbons (Fsp3) is 0.357. The zero-order valence-electron chi connectivity index (χ0n) is 11.5. The van der Waals surface area contributed by atoms with Crippen molar-refractivity contribution in [3.05, 3.63) is 40.2 Å². The highest BCUT2D eigenvalue weighted by atomic mass is 127. The first-order chi connectivity index (χ1) is 9.38. The van der Waals surface area contributed by atoms with Crippen molar-refractivity contribution in [1.29, 1.82) is 0 Å². The SMILES string of the molecule is CC(C)S(=O)(=O)CCn1cc(-c2cccc(I)c2)cn1. The van der Waals surface area contributed by atoms with Crippen LogP contribution in [-0.4, -0.2) is 29.2 Å². The number of benzene rings is 1. The summed E-state index contributed by atoms with van der Waals surface area (Å²) in [6, 6.07) is 8.13. The third-order valence-corrected chi connectivity index (χ3v) is 5.97. The summed E-state index contributed by atoms with van der Waals surface area (Å²) in [4.78, 5) is 0. The van der Waals surface area contributed by atoms with Crippen LogP contribution in [0.25, 0.3) is 11.1 Å². The van der Waals surface area contributed by atoms with E-state index in [1.807, 2.05) is 24.4 Å². The lowest BCUT2D eigenvalue weighted by Gasteiger charge is -2.07. The van der Waals surface area contributed by atoms with Crippen molar-refractivity contribution < 1.29 is 8.42 Å². The van der Waals surface area contributed by atoms with Gasteiger partial charge >= 0.3 is 0 Å². The van der Waals surface area contributed by atoms with Gasteiger partial charge < -0.3 is 0 Å². The maximum atomic E-state index is 11.8. The van der Waals surface area contributed by atoms with Gasteiger partial charge in [0.25, 0.3) is 0 Å². The smallest absolute Gasteiger partial charge is 0.154 e. The molecule has 2 aromatic rings. The zero-order chi connectivity index (χ0) is 14.8. The molecule has 6 heteroatoms. The minimum Gasteiger partial charge on any atom is -0.271 e. The molecule has 0 unspecified atom stereocenters. The minimum absolute atomic E-state index is 0.123. The average Bonchev–Trinajstić information content (AvgIpc) is 2.85. The van der Waals surface area contributed by atoms with E-state index in [4.69, 9.17) is 0 Å². The van der Waals surface area contributed by atoms with Crippen LogP contribution in [0.1, 0.15) is 13.8 Å². The number of hydrogen-bond donors (Lipinski definition) is 0. The minimum atomic E-state index is -3.02. The molecule has 0 saturated carbocycles. The van der Waals surface area contributed by atoms with E-state index in [1.54, 1.807) is 24.7 Å². The van der Waals surface area contributed by atoms with Crippen LogP contribution in [-0.2, 0) is 16.4 Å². The van der Waals surface area contributed by atoms with E-state index >= 15 is 0 Å². The molecule has 4 nitrogen and oxygen atoms in total. The van der Waals surface area contributed by atoms with Crippen molar-refractivity contribution in [2.75, 3.05) is 5.75 Å². The fourth-order valence-corrected chi connectivity index (χ4v) is 3.22. The molecule has 20 heavy (non-hydrogen) atoms. The number of aryl methyl sites for hydroxylation is 1. The molecule has 0 saturated heterocycles. The Morgan fingerprint density at radius 1 is 1.30 bits per heavy atom. The quantitative estimate of drug-likeness (QED) is 0.721. The summed E-state index contributed by atoms with van der Waals surface area (Å²) in [7, 11) is -3.02. The molecular weight excluding hydrogens is 387 g/mol. The molecule has 0 atom stereocenters. The van der Waals surface area contributed by atoms with E-state index < -0.39 is 9.84 Å². The second-order valence-electron chi connectivity index (χ2n) is 4.92. The molecule has 0 amide bonds. The van der Waals surface area contributed by atoms with Crippen LogP contribution in [0.3, 0.4) is 0 Å². The largest absolute Gasteiger partial charge is 0.271 e. The van der Waals surface area contributed by atoms with Crippen LogP contribution in [0.4, 0.5) is 0 Å². The van der Waals surface area contributed by atoms with E-state index in [0.717, 1.165) is 14.7 Å². The topological polar surface area (TPSA) is 52.0 Å². The van der Waals surface area contributed by atoms with Crippen LogP contribution in [0, 0.1) is 3.57 Å². The summed E-state index contributed by atoms with van der Waals surface area (Å²) in [5.41, 5.74) is 2.10. The number of halogens is 1. The molecule has 0 radical (unpaired) electrons. The molecule has 1 aromatic carbocycles. The van der Waals surface area contributed by atoms with Gasteiger partial charge in [0, 0.05) is 15.3 Å². The van der Waals surface area contributed by atoms with E-state index in [1.165, 1.54) is 0 Å². The maximum Gasteiger partial charge on any atom is 0.154 e. The highest BCUT2D eigenvalue weighted by molar-refractivity contribution is 14.1. The van der Waals surface area contributed by atoms with Crippen molar-refractivity contribution in [3.8, 4) is 11.1 Å². The highest BCUT2D eigenvalue weighted by Gasteiger charge is 2.16. The summed E-state index contributed by atoms with van der Waals surface area (Å²) < 4.78 is 26.4. The van der Waals surface area contributed by atoms with Crippen molar-refractivity contribution in [2.24, 2.45) is 0 Å². The normalized spacial score (nSPS) is 12.0. The number of rotatable bonds is 5. The molecule has 0 bridgehead atoms. The molecule has 108 valence electrons. The second-order valence-corrected chi connectivity index (χ2v) is 8.84. The van der Waals surface area contributed by atoms with Gasteiger partial charge in [-0.05, 0) is 54.1 Å². The van der Waals surface area contributed by atoms with Crippen molar-refractivity contribution in [3.63, 3.8) is 0 Å². The van der Waals surface area contributed by atoms with Gasteiger partial charge in [-0.3, -0.25) is 4.68 Å². The third kappa shape index (κ3) is 3.82. The van der Waals surface area contributed by atoms with Gasteiger partial charge in [-0.25, -0.2) is 8.42 Å². The summed E-state index contributed by atoms with van der Waals surface area (Å²) in [6.07, 6.45) is 3.66. The molecule has 2 rings (SSSR count). The number of hydrogen-bond acceptors (Lipinski definition) is 3. The first-order valence-electron chi connectivity index (χ1n) is 6.38. The number of sulfone groups is 1. The first kappa shape index (κ1) is 15.5. The van der Waals surface area contributed by atoms with Gasteiger partial charge in [0.05, 0.1) is 23.7 Å². The molecule has 0 aliphatic heterocycles. The number of aromatic nitrogens is 2. The average molecular weight is 404 g/mol. The monoisotopic (exact) mass is 404 g/mol. The Balaban J connectivity index is 2.10. The Bertz CT molecular complexity index is 693. The predicted molar refractivity (Wildman–Crippen MR) is 89.3 cm³/mol. The van der Waals surface area contributed by atoms with E-state index in [2.05, 4.69) is 33.8 Å². The van der Waals surface area contributed by atoms with Gasteiger partial charge in [-0.1, -0.05) is 12.1 Å². The fourth-order valence-electron chi connectivity index (χ4n) is 1.76. The molecule has 1 heterocycles. The van der Waals surface area contributed by atoms with Gasteiger partial charge in [-0.15, -0.1) is 0 Å². The Labute approximate surface area is 133 Å². The molecule has 1 aromatic heterocycles. The Hall–Kier alpha value is -0.890. The predicted octanol–water partition coefficient (Wildman–Crippen LogP) is 2.98. The van der Waals surface area contributed by atoms with Crippen LogP contribution in [0.2, 0.25) is 0 Å². The molecule has 0 N–H and O–H groups in total. The first-order valence-corrected chi connectivity index (χ1v) is 9.18. The van der Waals surface area contributed by atoms with Crippen molar-refractivity contribution in [1.82, 2.24) is 9.78 Å². The maximum absolute atomic E-state index is 11.8. The van der Waals surface area contributed by atoms with E-state index in [9.17, 15) is 8.42 Å². The van der Waals surface area contributed by atoms with Gasteiger partial charge in [0.15, 0.2) is 9.84 Å². The molecule has 0 aliphatic carbocycles. The van der Waals surface area contributed by atoms with Crippen LogP contribution < -0.4 is 0 Å². The number of nitrogens with zero attached hydrogens (tertiary/aromatic N) is 2. The van der Waals surface area contributed by atoms with Gasteiger partial charge in [-0.2, -0.15) is 5.10 Å². The Morgan fingerprint density at radius 2 is 2.05 bits per heavy atom. The lowest BCUT2D eigenvalue weighted by atomic mass is 10.1. The molecular formula is C14H17IN2O2S. The second kappa shape index (κ2) is 6.26. The van der Waals surface area contributed by atoms with Crippen LogP contribution in [0.15, 0.2) is 36.7 Å². The summed E-state index contributed by atoms with van der Waals surface area (Å²) in [5.74, 6) is 0.123. The highest BCUT2D eigenvalue weighted by Crippen LogP contribution is 2.20. The van der Waals surface area contributed by atoms with Gasteiger partial charge in [0.2, 0.25) is 0 Å². The lowest BCUT2D eigenvalue weighted by Crippen LogP contribution is -2.21. The van der Waals surface area contributed by atoms with Crippen LogP contribution >= 0.6 is 22.6 Å². The molecule has 0 spiro atoms. The van der Waals surface area contributed by atoms with Gasteiger partial charge in [0.1, 0.15) is 0 Å². The summed E-state index contributed by atoms with van der Waals surface area (Å²) in [6.45, 7) is 3.80. The standard InChI is InChI=1S/C14H17IN2O2S/c1-11(2)20(18,19)7-6-17-10-13(9-16-17)12-4-3-5-14(15)8-12/h3-5,8-11H,6-7H2,1-2H3. The summed E-state index contributed by atoms with van der Waals surface area (Å²) >= 11 is 2.27. The van der Waals surface area contributed by atoms with Crippen LogP contribution in [0.5, 0.6) is 0 Å². The van der Waals surface area contributed by atoms with E-state index in [-0.39, 0.29) is 11.0 Å². The Kier molecular flexibility index (Phi) is 4.85. The lowest BCUT2D eigenvalue weighted by molar-refractivity contribution is 0.573. The van der Waals surface area contributed by atoms with E-state index in [0.29, 0.717) is 6.54 Å². The Morgan fingerprint density at radius 3 is 2.70 bits per heavy atom. The molecule has 0 aliphatic rings. The summed E-state index contributed by atoms with van der Waals surface area (Å²) in [5, 5.41) is 3.89. The zero-order valence-corrected chi connectivity index (χ0v) is 14.4.